The number of thiophene rings is 1. The van der Waals surface area contributed by atoms with Gasteiger partial charge >= 0.3 is 0 Å². The average molecular weight is 403 g/mol. The normalized spacial score (nSPS) is 12.8. The summed E-state index contributed by atoms with van der Waals surface area (Å²) in [5.74, 6) is 0. The van der Waals surface area contributed by atoms with Gasteiger partial charge in [-0.1, -0.05) is 6.92 Å². The lowest BCUT2D eigenvalue weighted by atomic mass is 10.0. The molecule has 3 nitrogen and oxygen atoms in total. The molecule has 0 radical (unpaired) electrons. The van der Waals surface area contributed by atoms with E-state index in [0.29, 0.717) is 6.04 Å². The molecular weight excluding hydrogens is 381 g/mol. The van der Waals surface area contributed by atoms with E-state index in [4.69, 9.17) is 0 Å². The largest absolute Gasteiger partial charge is 0.310 e. The van der Waals surface area contributed by atoms with Crippen molar-refractivity contribution in [2.45, 2.75) is 46.2 Å². The molecule has 110 valence electrons. The summed E-state index contributed by atoms with van der Waals surface area (Å²) in [4.78, 5) is 0. The molecule has 0 saturated heterocycles. The maximum Gasteiger partial charge on any atom is 0.0656 e. The Bertz CT molecular complexity index is 547. The first-order valence-electron chi connectivity index (χ1n) is 7.14. The molecule has 1 unspecified atom stereocenters. The minimum absolute atomic E-state index is 0.385. The zero-order chi connectivity index (χ0) is 14.5. The van der Waals surface area contributed by atoms with E-state index in [-0.39, 0.29) is 0 Å². The average Bonchev–Trinajstić information content (AvgIpc) is 3.00. The SMILES string of the molecule is CCCNC(Cc1cc(C)nn1CC)c1csc(I)c1. The fourth-order valence-electron chi connectivity index (χ4n) is 2.38. The van der Waals surface area contributed by atoms with E-state index >= 15 is 0 Å². The summed E-state index contributed by atoms with van der Waals surface area (Å²) >= 11 is 4.21. The molecule has 2 rings (SSSR count). The summed E-state index contributed by atoms with van der Waals surface area (Å²) < 4.78 is 3.47. The molecule has 0 aliphatic carbocycles. The van der Waals surface area contributed by atoms with Gasteiger partial charge in [0.2, 0.25) is 0 Å². The summed E-state index contributed by atoms with van der Waals surface area (Å²) in [6.07, 6.45) is 2.16. The van der Waals surface area contributed by atoms with Crippen LogP contribution >= 0.6 is 33.9 Å². The van der Waals surface area contributed by atoms with Crippen LogP contribution in [0.2, 0.25) is 0 Å². The van der Waals surface area contributed by atoms with Crippen LogP contribution in [0, 0.1) is 9.81 Å². The minimum atomic E-state index is 0.385. The van der Waals surface area contributed by atoms with Crippen LogP contribution in [0.5, 0.6) is 0 Å². The smallest absolute Gasteiger partial charge is 0.0656 e. The summed E-state index contributed by atoms with van der Waals surface area (Å²) in [5, 5.41) is 10.5. The van der Waals surface area contributed by atoms with Crippen molar-refractivity contribution in [2.24, 2.45) is 0 Å². The van der Waals surface area contributed by atoms with Gasteiger partial charge in [0.15, 0.2) is 0 Å². The van der Waals surface area contributed by atoms with Crippen molar-refractivity contribution >= 4 is 33.9 Å². The fraction of sp³-hybridized carbons (Fsp3) is 0.533. The molecule has 0 fully saturated rings. The molecule has 0 bridgehead atoms. The Kier molecular flexibility index (Phi) is 6.04. The van der Waals surface area contributed by atoms with Gasteiger partial charge in [-0.3, -0.25) is 4.68 Å². The Morgan fingerprint density at radius 2 is 2.20 bits per heavy atom. The van der Waals surface area contributed by atoms with E-state index < -0.39 is 0 Å². The lowest BCUT2D eigenvalue weighted by molar-refractivity contribution is 0.503. The van der Waals surface area contributed by atoms with E-state index in [2.05, 4.69) is 76.0 Å². The molecule has 0 spiro atoms. The third-order valence-electron chi connectivity index (χ3n) is 3.33. The van der Waals surface area contributed by atoms with Crippen molar-refractivity contribution in [2.75, 3.05) is 6.54 Å². The number of nitrogens with one attached hydrogen (secondary N) is 1. The zero-order valence-corrected chi connectivity index (χ0v) is 15.3. The van der Waals surface area contributed by atoms with Gasteiger partial charge in [-0.15, -0.1) is 11.3 Å². The summed E-state index contributed by atoms with van der Waals surface area (Å²) in [5.41, 5.74) is 3.82. The number of halogens is 1. The number of rotatable bonds is 7. The van der Waals surface area contributed by atoms with Crippen LogP contribution < -0.4 is 5.32 Å². The van der Waals surface area contributed by atoms with Crippen molar-refractivity contribution in [1.29, 1.82) is 0 Å². The molecule has 0 aliphatic heterocycles. The number of hydrogen-bond donors (Lipinski definition) is 1. The molecule has 0 aliphatic rings. The zero-order valence-electron chi connectivity index (χ0n) is 12.3. The highest BCUT2D eigenvalue weighted by Crippen LogP contribution is 2.25. The number of aromatic nitrogens is 2. The van der Waals surface area contributed by atoms with Crippen molar-refractivity contribution < 1.29 is 0 Å². The Balaban J connectivity index is 2.18. The molecule has 1 N–H and O–H groups in total. The third-order valence-corrected chi connectivity index (χ3v) is 5.14. The van der Waals surface area contributed by atoms with Gasteiger partial charge in [0.25, 0.3) is 0 Å². The van der Waals surface area contributed by atoms with E-state index in [9.17, 15) is 0 Å². The fourth-order valence-corrected chi connectivity index (χ4v) is 3.81. The molecule has 0 amide bonds. The third kappa shape index (κ3) is 4.05. The second-order valence-electron chi connectivity index (χ2n) is 4.99. The minimum Gasteiger partial charge on any atom is -0.310 e. The van der Waals surface area contributed by atoms with Crippen molar-refractivity contribution in [3.8, 4) is 0 Å². The first kappa shape index (κ1) is 16.0. The van der Waals surface area contributed by atoms with Gasteiger partial charge in [-0.05, 0) is 72.5 Å². The van der Waals surface area contributed by atoms with Crippen LogP contribution in [0.25, 0.3) is 0 Å². The second kappa shape index (κ2) is 7.56. The highest BCUT2D eigenvalue weighted by molar-refractivity contribution is 14.1. The predicted molar refractivity (Wildman–Crippen MR) is 94.4 cm³/mol. The van der Waals surface area contributed by atoms with Crippen LogP contribution in [0.3, 0.4) is 0 Å². The maximum atomic E-state index is 4.55. The van der Waals surface area contributed by atoms with E-state index in [1.54, 1.807) is 0 Å². The van der Waals surface area contributed by atoms with Crippen LogP contribution in [0.4, 0.5) is 0 Å². The Morgan fingerprint density at radius 1 is 1.40 bits per heavy atom. The Labute approximate surface area is 138 Å². The molecule has 2 aromatic rings. The van der Waals surface area contributed by atoms with E-state index in [1.807, 2.05) is 11.3 Å². The molecule has 0 saturated carbocycles. The van der Waals surface area contributed by atoms with Crippen LogP contribution in [-0.4, -0.2) is 16.3 Å². The molecular formula is C15H22IN3S. The number of nitrogens with zero attached hydrogens (tertiary/aromatic N) is 2. The Hall–Kier alpha value is -0.400. The second-order valence-corrected chi connectivity index (χ2v) is 7.79. The molecule has 0 aromatic carbocycles. The van der Waals surface area contributed by atoms with Crippen LogP contribution in [0.1, 0.15) is 43.3 Å². The summed E-state index contributed by atoms with van der Waals surface area (Å²) in [6.45, 7) is 8.42. The lowest BCUT2D eigenvalue weighted by Gasteiger charge is -2.18. The standard InChI is InChI=1S/C15H22IN3S/c1-4-6-17-14(12-8-15(16)20-10-12)9-13-7-11(3)18-19(13)5-2/h7-8,10,14,17H,4-6,9H2,1-3H3. The van der Waals surface area contributed by atoms with Crippen molar-refractivity contribution in [1.82, 2.24) is 15.1 Å². The van der Waals surface area contributed by atoms with Gasteiger partial charge in [-0.2, -0.15) is 5.10 Å². The Morgan fingerprint density at radius 3 is 2.80 bits per heavy atom. The van der Waals surface area contributed by atoms with Gasteiger partial charge in [0, 0.05) is 24.7 Å². The highest BCUT2D eigenvalue weighted by atomic mass is 127. The summed E-state index contributed by atoms with van der Waals surface area (Å²) in [7, 11) is 0. The van der Waals surface area contributed by atoms with E-state index in [1.165, 1.54) is 14.1 Å². The molecule has 2 heterocycles. The van der Waals surface area contributed by atoms with Crippen molar-refractivity contribution in [3.05, 3.63) is 37.3 Å². The highest BCUT2D eigenvalue weighted by Gasteiger charge is 2.16. The molecule has 20 heavy (non-hydrogen) atoms. The maximum absolute atomic E-state index is 4.55. The van der Waals surface area contributed by atoms with Gasteiger partial charge in [0.05, 0.1) is 8.58 Å². The predicted octanol–water partition coefficient (Wildman–Crippen LogP) is 4.16. The quantitative estimate of drug-likeness (QED) is 0.704. The first-order chi connectivity index (χ1) is 9.63. The molecule has 5 heteroatoms. The van der Waals surface area contributed by atoms with Gasteiger partial charge in [0.1, 0.15) is 0 Å². The number of aryl methyl sites for hydroxylation is 2. The van der Waals surface area contributed by atoms with Gasteiger partial charge in [-0.25, -0.2) is 0 Å². The monoisotopic (exact) mass is 403 g/mol. The van der Waals surface area contributed by atoms with Crippen LogP contribution in [0.15, 0.2) is 17.5 Å². The van der Waals surface area contributed by atoms with E-state index in [0.717, 1.165) is 31.6 Å². The lowest BCUT2D eigenvalue weighted by Crippen LogP contribution is -2.24. The van der Waals surface area contributed by atoms with Crippen molar-refractivity contribution in [3.63, 3.8) is 0 Å². The summed E-state index contributed by atoms with van der Waals surface area (Å²) in [6, 6.07) is 4.88. The topological polar surface area (TPSA) is 29.9 Å². The molecule has 2 aromatic heterocycles. The van der Waals surface area contributed by atoms with Gasteiger partial charge < -0.3 is 5.32 Å². The number of hydrogen-bond acceptors (Lipinski definition) is 3. The molecule has 1 atom stereocenters. The first-order valence-corrected chi connectivity index (χ1v) is 9.10. The van der Waals surface area contributed by atoms with Crippen LogP contribution in [-0.2, 0) is 13.0 Å².